The Morgan fingerprint density at radius 1 is 0.688 bits per heavy atom. The largest absolute Gasteiger partial charge is 0.503 e. The number of phenolic OH excluding ortho intramolecular Hbond substituents is 1. The van der Waals surface area contributed by atoms with Crippen molar-refractivity contribution in [1.82, 2.24) is 0 Å². The molecule has 1 aromatic rings. The average Bonchev–Trinajstić information content (AvgIpc) is 2.20. The van der Waals surface area contributed by atoms with Crippen LogP contribution in [0, 0.1) is 29.1 Å². The van der Waals surface area contributed by atoms with Gasteiger partial charge in [0.15, 0.2) is 10.0 Å². The van der Waals surface area contributed by atoms with Gasteiger partial charge in [0.25, 0.3) is 0 Å². The Morgan fingerprint density at radius 3 is 1.12 bits per heavy atom. The summed E-state index contributed by atoms with van der Waals surface area (Å²) in [5, 5.41) is 8.30. The van der Waals surface area contributed by atoms with Gasteiger partial charge in [-0.15, -0.1) is 0 Å². The predicted octanol–water partition coefficient (Wildman–Crippen LogP) is 4.07. The molecule has 0 unspecified atom stereocenters. The van der Waals surface area contributed by atoms with E-state index in [1.165, 1.54) is 0 Å². The molecule has 0 saturated carbocycles. The van der Waals surface area contributed by atoms with Crippen LogP contribution in [0.2, 0.25) is 0 Å². The number of hydrogen-bond acceptors (Lipinski definition) is 1. The summed E-state index contributed by atoms with van der Waals surface area (Å²) in [6.45, 7) is 0. The Kier molecular flexibility index (Phi) is 6.14. The van der Waals surface area contributed by atoms with Gasteiger partial charge in [0, 0.05) is 0 Å². The highest BCUT2D eigenvalue weighted by atomic mass is 35.6. The second-order valence-corrected chi connectivity index (χ2v) is 4.15. The molecule has 0 aromatic heterocycles. The van der Waals surface area contributed by atoms with E-state index in [0.717, 1.165) is 0 Å². The summed E-state index contributed by atoms with van der Waals surface area (Å²) in [7, 11) is 0. The molecule has 0 heterocycles. The second-order valence-electron chi connectivity index (χ2n) is 2.17. The van der Waals surface area contributed by atoms with Gasteiger partial charge in [-0.25, -0.2) is 13.2 Å². The van der Waals surface area contributed by atoms with Crippen molar-refractivity contribution >= 4 is 34.8 Å². The minimum atomic E-state index is -2.29. The van der Waals surface area contributed by atoms with Crippen LogP contribution in [0.5, 0.6) is 5.75 Å². The Balaban J connectivity index is 0.000000487. The van der Waals surface area contributed by atoms with E-state index in [9.17, 15) is 22.0 Å². The van der Waals surface area contributed by atoms with Gasteiger partial charge in [-0.2, -0.15) is 8.78 Å². The highest BCUT2D eigenvalue weighted by molar-refractivity contribution is 6.63. The molecule has 0 radical (unpaired) electrons. The summed E-state index contributed by atoms with van der Waals surface area (Å²) in [5.74, 6) is -12.9. The molecule has 1 aromatic carbocycles. The van der Waals surface area contributed by atoms with E-state index in [2.05, 4.69) is 0 Å². The maximum Gasteiger partial charge on any atom is 0.206 e. The zero-order chi connectivity index (χ0) is 13.0. The molecule has 1 rings (SSSR count). The van der Waals surface area contributed by atoms with E-state index in [-0.39, 0.29) is 0 Å². The molecular weight excluding hydrogens is 301 g/mol. The van der Waals surface area contributed by atoms with Crippen LogP contribution in [0.25, 0.3) is 0 Å². The Morgan fingerprint density at radius 2 is 0.875 bits per heavy atom. The van der Waals surface area contributed by atoms with Crippen LogP contribution in [0.15, 0.2) is 0 Å². The number of rotatable bonds is 0. The second kappa shape index (κ2) is 6.32. The summed E-state index contributed by atoms with van der Waals surface area (Å²) in [6.07, 6.45) is 0. The molecule has 0 aliphatic heterocycles. The Bertz CT molecular complexity index is 277. The lowest BCUT2D eigenvalue weighted by atomic mass is 10.3. The third-order valence-corrected chi connectivity index (χ3v) is 1.19. The van der Waals surface area contributed by atoms with E-state index in [4.69, 9.17) is 39.9 Å². The first-order valence-electron chi connectivity index (χ1n) is 3.32. The van der Waals surface area contributed by atoms with Crippen LogP contribution >= 0.6 is 34.8 Å². The molecule has 0 atom stereocenters. The maximum absolute atomic E-state index is 12.2. The lowest BCUT2D eigenvalue weighted by Gasteiger charge is -2.00. The predicted molar refractivity (Wildman–Crippen MR) is 49.2 cm³/mol. The van der Waals surface area contributed by atoms with Gasteiger partial charge in [0.1, 0.15) is 0 Å². The summed E-state index contributed by atoms with van der Waals surface area (Å²) in [5.41, 5.74) is 0. The van der Waals surface area contributed by atoms with Crippen LogP contribution in [0.3, 0.4) is 0 Å². The monoisotopic (exact) mass is 302 g/mol. The maximum atomic E-state index is 12.2. The highest BCUT2D eigenvalue weighted by Crippen LogP contribution is 2.27. The molecule has 0 amide bonds. The Hall–Kier alpha value is -0.460. The number of hydrogen-bond donors (Lipinski definition) is 1. The van der Waals surface area contributed by atoms with E-state index >= 15 is 0 Å². The molecule has 92 valence electrons. The van der Waals surface area contributed by atoms with E-state index in [1.807, 2.05) is 0 Å². The molecule has 1 nitrogen and oxygen atoms in total. The molecule has 0 spiro atoms. The fourth-order valence-corrected chi connectivity index (χ4v) is 0.593. The van der Waals surface area contributed by atoms with Crippen molar-refractivity contribution in [2.75, 3.05) is 0 Å². The minimum absolute atomic E-state index is 0.750. The van der Waals surface area contributed by atoms with Crippen molar-refractivity contribution in [2.24, 2.45) is 0 Å². The first kappa shape index (κ1) is 15.5. The van der Waals surface area contributed by atoms with Crippen molar-refractivity contribution in [1.29, 1.82) is 0 Å². The summed E-state index contributed by atoms with van der Waals surface area (Å²) < 4.78 is 59.9. The normalized spacial score (nSPS) is 10.1. The Labute approximate surface area is 101 Å². The van der Waals surface area contributed by atoms with Crippen LogP contribution in [0.1, 0.15) is 0 Å². The topological polar surface area (TPSA) is 20.2 Å². The van der Waals surface area contributed by atoms with E-state index < -0.39 is 39.1 Å². The number of benzene rings is 1. The summed E-state index contributed by atoms with van der Waals surface area (Å²) >= 11 is 14.4. The number of alkyl halides is 3. The van der Waals surface area contributed by atoms with Gasteiger partial charge in [-0.05, 0) is 0 Å². The van der Waals surface area contributed by atoms with Gasteiger partial charge >= 0.3 is 0 Å². The van der Waals surface area contributed by atoms with Crippen molar-refractivity contribution in [3.05, 3.63) is 29.1 Å². The summed E-state index contributed by atoms with van der Waals surface area (Å²) in [6, 6.07) is 0. The average molecular weight is 303 g/mol. The number of aromatic hydroxyl groups is 1. The summed E-state index contributed by atoms with van der Waals surface area (Å²) in [4.78, 5) is 0. The molecule has 0 saturated heterocycles. The standard InChI is InChI=1S/C6HF5O.CHCl3/c7-1-2(8)4(10)6(12)5(11)3(1)9;2-1(3)4/h12H;1H. The van der Waals surface area contributed by atoms with Crippen molar-refractivity contribution in [3.63, 3.8) is 0 Å². The molecular formula is C7H2Cl3F5O. The molecule has 0 aliphatic rings. The van der Waals surface area contributed by atoms with Gasteiger partial charge in [-0.1, -0.05) is 34.8 Å². The lowest BCUT2D eigenvalue weighted by Crippen LogP contribution is -2.00. The SMILES string of the molecule is ClC(Cl)Cl.Oc1c(F)c(F)c(F)c(F)c1F. The molecule has 1 N–H and O–H groups in total. The van der Waals surface area contributed by atoms with Crippen LogP contribution < -0.4 is 0 Å². The first-order chi connectivity index (χ1) is 7.20. The van der Waals surface area contributed by atoms with Gasteiger partial charge < -0.3 is 5.11 Å². The highest BCUT2D eigenvalue weighted by Gasteiger charge is 2.24. The molecule has 0 bridgehead atoms. The van der Waals surface area contributed by atoms with Crippen molar-refractivity contribution in [3.8, 4) is 5.75 Å². The van der Waals surface area contributed by atoms with Crippen molar-refractivity contribution < 1.29 is 27.1 Å². The zero-order valence-corrected chi connectivity index (χ0v) is 9.32. The third kappa shape index (κ3) is 3.84. The molecule has 16 heavy (non-hydrogen) atoms. The molecule has 0 aliphatic carbocycles. The third-order valence-electron chi connectivity index (χ3n) is 1.19. The fourth-order valence-electron chi connectivity index (χ4n) is 0.593. The first-order valence-corrected chi connectivity index (χ1v) is 4.63. The number of phenols is 1. The van der Waals surface area contributed by atoms with Gasteiger partial charge in [0.2, 0.25) is 29.1 Å². The van der Waals surface area contributed by atoms with E-state index in [0.29, 0.717) is 0 Å². The minimum Gasteiger partial charge on any atom is -0.503 e. The smallest absolute Gasteiger partial charge is 0.206 e. The van der Waals surface area contributed by atoms with Crippen LogP contribution in [-0.2, 0) is 0 Å². The van der Waals surface area contributed by atoms with Crippen molar-refractivity contribution in [2.45, 2.75) is 4.30 Å². The molecule has 9 heteroatoms. The lowest BCUT2D eigenvalue weighted by molar-refractivity contribution is 0.325. The van der Waals surface area contributed by atoms with Gasteiger partial charge in [-0.3, -0.25) is 0 Å². The zero-order valence-electron chi connectivity index (χ0n) is 7.05. The fraction of sp³-hybridized carbons (Fsp3) is 0.143. The molecule has 0 fully saturated rings. The van der Waals surface area contributed by atoms with Crippen LogP contribution in [-0.4, -0.2) is 9.40 Å². The van der Waals surface area contributed by atoms with Gasteiger partial charge in [0.05, 0.1) is 0 Å². The quantitative estimate of drug-likeness (QED) is 0.331. The number of halogens is 8. The van der Waals surface area contributed by atoms with Crippen LogP contribution in [0.4, 0.5) is 22.0 Å². The van der Waals surface area contributed by atoms with E-state index in [1.54, 1.807) is 0 Å².